The zero-order chi connectivity index (χ0) is 21.7. The van der Waals surface area contributed by atoms with Gasteiger partial charge in [0.25, 0.3) is 11.5 Å². The number of carbonyl (C=O) groups is 2. The number of rotatable bonds is 6. The number of nitrogens with zero attached hydrogens (tertiary/aromatic N) is 2. The van der Waals surface area contributed by atoms with Gasteiger partial charge in [0.1, 0.15) is 5.69 Å². The second kappa shape index (κ2) is 9.37. The molecule has 8 heteroatoms. The van der Waals surface area contributed by atoms with Crippen molar-refractivity contribution in [3.63, 3.8) is 0 Å². The lowest BCUT2D eigenvalue weighted by molar-refractivity contribution is -0.116. The molecule has 7 nitrogen and oxygen atoms in total. The highest BCUT2D eigenvalue weighted by Crippen LogP contribution is 2.23. The summed E-state index contributed by atoms with van der Waals surface area (Å²) in [6, 6.07) is 15.2. The lowest BCUT2D eigenvalue weighted by Gasteiger charge is -2.10. The highest BCUT2D eigenvalue weighted by atomic mass is 35.5. The van der Waals surface area contributed by atoms with Gasteiger partial charge in [0.15, 0.2) is 0 Å². The number of anilines is 2. The molecule has 0 unspecified atom stereocenters. The molecule has 30 heavy (non-hydrogen) atoms. The number of hydrogen-bond donors (Lipinski definition) is 2. The third kappa shape index (κ3) is 5.33. The number of halogens is 1. The van der Waals surface area contributed by atoms with Crippen LogP contribution in [-0.2, 0) is 11.3 Å². The lowest BCUT2D eigenvalue weighted by Crippen LogP contribution is -2.28. The summed E-state index contributed by atoms with van der Waals surface area (Å²) in [7, 11) is 0. The van der Waals surface area contributed by atoms with E-state index in [0.29, 0.717) is 16.4 Å². The Morgan fingerprint density at radius 2 is 1.73 bits per heavy atom. The number of amides is 2. The molecule has 0 aliphatic rings. The van der Waals surface area contributed by atoms with E-state index < -0.39 is 11.5 Å². The van der Waals surface area contributed by atoms with Crippen LogP contribution >= 0.6 is 11.6 Å². The van der Waals surface area contributed by atoms with Crippen LogP contribution in [0.25, 0.3) is 0 Å². The van der Waals surface area contributed by atoms with E-state index in [1.807, 2.05) is 19.1 Å². The molecule has 0 saturated carbocycles. The van der Waals surface area contributed by atoms with Crippen molar-refractivity contribution >= 4 is 34.8 Å². The van der Waals surface area contributed by atoms with Crippen molar-refractivity contribution < 1.29 is 9.59 Å². The maximum atomic E-state index is 12.4. The number of hydrogen-bond acceptors (Lipinski definition) is 4. The zero-order valence-corrected chi connectivity index (χ0v) is 17.4. The number of nitrogens with one attached hydrogen (secondary N) is 2. The van der Waals surface area contributed by atoms with Crippen LogP contribution in [0.15, 0.2) is 59.4 Å². The maximum Gasteiger partial charge on any atom is 0.276 e. The van der Waals surface area contributed by atoms with E-state index in [-0.39, 0.29) is 24.6 Å². The van der Waals surface area contributed by atoms with Crippen molar-refractivity contribution in [2.24, 2.45) is 0 Å². The van der Waals surface area contributed by atoms with E-state index in [1.165, 1.54) is 12.1 Å². The number of carbonyl (C=O) groups excluding carboxylic acids is 2. The quantitative estimate of drug-likeness (QED) is 0.629. The molecular weight excluding hydrogens is 404 g/mol. The second-order valence-corrected chi connectivity index (χ2v) is 7.22. The smallest absolute Gasteiger partial charge is 0.276 e. The molecule has 0 radical (unpaired) electrons. The molecule has 0 saturated heterocycles. The van der Waals surface area contributed by atoms with Gasteiger partial charge in [-0.15, -0.1) is 0 Å². The first-order valence-electron chi connectivity index (χ1n) is 9.34. The van der Waals surface area contributed by atoms with Crippen LogP contribution in [0.1, 0.15) is 28.0 Å². The van der Waals surface area contributed by atoms with E-state index in [0.717, 1.165) is 15.8 Å². The van der Waals surface area contributed by atoms with Gasteiger partial charge in [-0.3, -0.25) is 14.4 Å². The Kier molecular flexibility index (Phi) is 6.64. The van der Waals surface area contributed by atoms with Crippen LogP contribution in [0.3, 0.4) is 0 Å². The molecule has 1 aromatic heterocycles. The largest absolute Gasteiger partial charge is 0.326 e. The molecule has 2 N–H and O–H groups in total. The summed E-state index contributed by atoms with van der Waals surface area (Å²) in [6.45, 7) is 3.79. The Labute approximate surface area is 178 Å². The molecule has 0 atom stereocenters. The highest BCUT2D eigenvalue weighted by Gasteiger charge is 2.12. The van der Waals surface area contributed by atoms with Crippen molar-refractivity contribution in [2.45, 2.75) is 26.8 Å². The zero-order valence-electron chi connectivity index (χ0n) is 16.6. The first-order chi connectivity index (χ1) is 14.3. The third-order valence-corrected chi connectivity index (χ3v) is 4.91. The number of aromatic nitrogens is 2. The lowest BCUT2D eigenvalue weighted by atomic mass is 10.2. The minimum atomic E-state index is -0.438. The summed E-state index contributed by atoms with van der Waals surface area (Å²) in [4.78, 5) is 36.8. The normalized spacial score (nSPS) is 10.5. The minimum Gasteiger partial charge on any atom is -0.326 e. The number of aryl methyl sites for hydroxylation is 2. The second-order valence-electron chi connectivity index (χ2n) is 6.81. The molecule has 0 aliphatic heterocycles. The van der Waals surface area contributed by atoms with Gasteiger partial charge in [0, 0.05) is 28.9 Å². The van der Waals surface area contributed by atoms with Crippen molar-refractivity contribution in [2.75, 3.05) is 10.6 Å². The van der Waals surface area contributed by atoms with Crippen LogP contribution in [0.2, 0.25) is 5.02 Å². The molecule has 0 aliphatic carbocycles. The fourth-order valence-electron chi connectivity index (χ4n) is 2.73. The maximum absolute atomic E-state index is 12.4. The van der Waals surface area contributed by atoms with Crippen LogP contribution in [-0.4, -0.2) is 21.6 Å². The van der Waals surface area contributed by atoms with Gasteiger partial charge in [-0.2, -0.15) is 5.10 Å². The highest BCUT2D eigenvalue weighted by molar-refractivity contribution is 6.31. The Balaban J connectivity index is 1.65. The Morgan fingerprint density at radius 1 is 1.00 bits per heavy atom. The molecule has 3 rings (SSSR count). The van der Waals surface area contributed by atoms with E-state index in [4.69, 9.17) is 11.6 Å². The minimum absolute atomic E-state index is 0.0158. The molecule has 0 fully saturated rings. The van der Waals surface area contributed by atoms with Crippen LogP contribution in [0.4, 0.5) is 11.4 Å². The summed E-state index contributed by atoms with van der Waals surface area (Å²) in [5.41, 5.74) is 2.76. The van der Waals surface area contributed by atoms with Gasteiger partial charge in [0.05, 0.1) is 6.54 Å². The molecule has 2 aromatic carbocycles. The first kappa shape index (κ1) is 21.3. The average Bonchev–Trinajstić information content (AvgIpc) is 2.72. The third-order valence-electron chi connectivity index (χ3n) is 4.50. The first-order valence-corrected chi connectivity index (χ1v) is 9.72. The molecular formula is C22H21ClN4O3. The molecule has 154 valence electrons. The molecule has 3 aromatic rings. The van der Waals surface area contributed by atoms with Crippen molar-refractivity contribution in [3.05, 3.63) is 86.8 Å². The predicted octanol–water partition coefficient (Wildman–Crippen LogP) is 3.79. The Bertz CT molecular complexity index is 1140. The predicted molar refractivity (Wildman–Crippen MR) is 117 cm³/mol. The van der Waals surface area contributed by atoms with Crippen LogP contribution in [0, 0.1) is 13.8 Å². The monoisotopic (exact) mass is 424 g/mol. The van der Waals surface area contributed by atoms with Crippen molar-refractivity contribution in [1.29, 1.82) is 0 Å². The molecule has 1 heterocycles. The Morgan fingerprint density at radius 3 is 2.47 bits per heavy atom. The molecule has 2 amide bonds. The summed E-state index contributed by atoms with van der Waals surface area (Å²) in [5, 5.41) is 10.1. The fraction of sp³-hybridized carbons (Fsp3) is 0.182. The summed E-state index contributed by atoms with van der Waals surface area (Å²) in [5.74, 6) is -0.727. The van der Waals surface area contributed by atoms with Crippen LogP contribution in [0.5, 0.6) is 0 Å². The standard InChI is InChI=1S/C22H21ClN4O3/c1-14-6-8-16(9-7-14)24-22(30)19-10-11-21(29)27(26-19)13-12-20(28)25-18-5-3-4-17(23)15(18)2/h3-11H,12-13H2,1-2H3,(H,24,30)(H,25,28). The van der Waals surface area contributed by atoms with Crippen molar-refractivity contribution in [3.8, 4) is 0 Å². The molecule has 0 spiro atoms. The topological polar surface area (TPSA) is 93.1 Å². The van der Waals surface area contributed by atoms with E-state index in [2.05, 4.69) is 15.7 Å². The molecule has 0 bridgehead atoms. The van der Waals surface area contributed by atoms with Gasteiger partial charge in [0.2, 0.25) is 5.91 Å². The summed E-state index contributed by atoms with van der Waals surface area (Å²) in [6.07, 6.45) is 0.0158. The average molecular weight is 425 g/mol. The van der Waals surface area contributed by atoms with Gasteiger partial charge in [-0.05, 0) is 49.7 Å². The van der Waals surface area contributed by atoms with E-state index in [9.17, 15) is 14.4 Å². The summed E-state index contributed by atoms with van der Waals surface area (Å²) >= 11 is 6.06. The van der Waals surface area contributed by atoms with E-state index in [1.54, 1.807) is 37.3 Å². The fourth-order valence-corrected chi connectivity index (χ4v) is 2.90. The van der Waals surface area contributed by atoms with Gasteiger partial charge >= 0.3 is 0 Å². The Hall–Kier alpha value is -3.45. The van der Waals surface area contributed by atoms with Crippen molar-refractivity contribution in [1.82, 2.24) is 9.78 Å². The number of benzene rings is 2. The van der Waals surface area contributed by atoms with E-state index >= 15 is 0 Å². The van der Waals surface area contributed by atoms with Crippen LogP contribution < -0.4 is 16.2 Å². The van der Waals surface area contributed by atoms with Gasteiger partial charge < -0.3 is 10.6 Å². The SMILES string of the molecule is Cc1ccc(NC(=O)c2ccc(=O)n(CCC(=O)Nc3cccc(Cl)c3C)n2)cc1. The van der Waals surface area contributed by atoms with Gasteiger partial charge in [-0.25, -0.2) is 4.68 Å². The summed E-state index contributed by atoms with van der Waals surface area (Å²) < 4.78 is 1.11. The van der Waals surface area contributed by atoms with Gasteiger partial charge in [-0.1, -0.05) is 35.4 Å².